The lowest BCUT2D eigenvalue weighted by Gasteiger charge is -2.11. The third-order valence-electron chi connectivity index (χ3n) is 3.09. The number of aryl methyl sites for hydroxylation is 1. The molecule has 0 aliphatic carbocycles. The first-order valence-corrected chi connectivity index (χ1v) is 5.63. The minimum Gasteiger partial charge on any atom is -0.347 e. The maximum atomic E-state index is 11.1. The van der Waals surface area contributed by atoms with Crippen LogP contribution in [-0.4, -0.2) is 10.4 Å². The summed E-state index contributed by atoms with van der Waals surface area (Å²) in [6, 6.07) is 10.5. The fourth-order valence-electron chi connectivity index (χ4n) is 2.32. The molecule has 1 aromatic heterocycles. The van der Waals surface area contributed by atoms with Crippen LogP contribution in [0.2, 0.25) is 0 Å². The van der Waals surface area contributed by atoms with Crippen molar-refractivity contribution in [3.8, 4) is 0 Å². The summed E-state index contributed by atoms with van der Waals surface area (Å²) in [5.74, 6) is 0.535. The molecule has 0 N–H and O–H groups in total. The first-order chi connectivity index (χ1) is 7.59. The summed E-state index contributed by atoms with van der Waals surface area (Å²) in [5, 5.41) is 1.25. The molecule has 0 saturated carbocycles. The SMILES string of the molecule is CC(=O)CC(C)c1cc2ccccc2n1C. The second-order valence-corrected chi connectivity index (χ2v) is 4.49. The number of nitrogens with zero attached hydrogens (tertiary/aromatic N) is 1. The molecule has 0 aliphatic heterocycles. The summed E-state index contributed by atoms with van der Waals surface area (Å²) in [5.41, 5.74) is 2.46. The van der Waals surface area contributed by atoms with E-state index in [1.165, 1.54) is 16.6 Å². The number of ketones is 1. The van der Waals surface area contributed by atoms with Crippen LogP contribution in [-0.2, 0) is 11.8 Å². The first-order valence-electron chi connectivity index (χ1n) is 5.63. The van der Waals surface area contributed by atoms with Crippen molar-refractivity contribution in [3.05, 3.63) is 36.0 Å². The molecule has 0 spiro atoms. The van der Waals surface area contributed by atoms with Gasteiger partial charge >= 0.3 is 0 Å². The van der Waals surface area contributed by atoms with Crippen LogP contribution in [0.25, 0.3) is 10.9 Å². The summed E-state index contributed by atoms with van der Waals surface area (Å²) in [6.45, 7) is 3.76. The fraction of sp³-hybridized carbons (Fsp3) is 0.357. The molecular weight excluding hydrogens is 198 g/mol. The first kappa shape index (κ1) is 10.9. The van der Waals surface area contributed by atoms with Gasteiger partial charge < -0.3 is 9.36 Å². The second-order valence-electron chi connectivity index (χ2n) is 4.49. The Morgan fingerprint density at radius 2 is 2.06 bits per heavy atom. The van der Waals surface area contributed by atoms with Gasteiger partial charge in [0.1, 0.15) is 5.78 Å². The quantitative estimate of drug-likeness (QED) is 0.770. The number of rotatable bonds is 3. The Bertz CT molecular complexity index is 525. The van der Waals surface area contributed by atoms with E-state index in [1.807, 2.05) is 12.1 Å². The van der Waals surface area contributed by atoms with E-state index in [-0.39, 0.29) is 11.7 Å². The molecule has 2 heteroatoms. The van der Waals surface area contributed by atoms with Crippen molar-refractivity contribution in [1.82, 2.24) is 4.57 Å². The molecule has 1 atom stereocenters. The predicted molar refractivity (Wildman–Crippen MR) is 66.6 cm³/mol. The molecule has 16 heavy (non-hydrogen) atoms. The molecule has 0 saturated heterocycles. The Balaban J connectivity index is 2.45. The number of benzene rings is 1. The lowest BCUT2D eigenvalue weighted by Crippen LogP contribution is -2.05. The average molecular weight is 215 g/mol. The maximum Gasteiger partial charge on any atom is 0.130 e. The van der Waals surface area contributed by atoms with Crippen LogP contribution in [0, 0.1) is 0 Å². The van der Waals surface area contributed by atoms with Gasteiger partial charge in [-0.1, -0.05) is 25.1 Å². The molecule has 2 aromatic rings. The molecule has 1 aromatic carbocycles. The van der Waals surface area contributed by atoms with E-state index >= 15 is 0 Å². The van der Waals surface area contributed by atoms with Crippen molar-refractivity contribution >= 4 is 16.7 Å². The molecule has 84 valence electrons. The summed E-state index contributed by atoms with van der Waals surface area (Å²) in [4.78, 5) is 11.1. The van der Waals surface area contributed by atoms with E-state index in [0.717, 1.165) is 0 Å². The third-order valence-corrected chi connectivity index (χ3v) is 3.09. The number of aromatic nitrogens is 1. The van der Waals surface area contributed by atoms with Crippen molar-refractivity contribution in [1.29, 1.82) is 0 Å². The van der Waals surface area contributed by atoms with E-state index in [0.29, 0.717) is 6.42 Å². The zero-order chi connectivity index (χ0) is 11.7. The van der Waals surface area contributed by atoms with Crippen LogP contribution in [0.4, 0.5) is 0 Å². The average Bonchev–Trinajstić information content (AvgIpc) is 2.56. The molecule has 2 rings (SSSR count). The van der Waals surface area contributed by atoms with Gasteiger partial charge in [0.25, 0.3) is 0 Å². The Labute approximate surface area is 95.9 Å². The van der Waals surface area contributed by atoms with Gasteiger partial charge in [-0.25, -0.2) is 0 Å². The van der Waals surface area contributed by atoms with Crippen molar-refractivity contribution in [2.75, 3.05) is 0 Å². The van der Waals surface area contributed by atoms with Crippen molar-refractivity contribution in [2.45, 2.75) is 26.2 Å². The van der Waals surface area contributed by atoms with Crippen LogP contribution >= 0.6 is 0 Å². The molecule has 0 amide bonds. The molecule has 1 unspecified atom stereocenters. The zero-order valence-corrected chi connectivity index (χ0v) is 10.0. The lowest BCUT2D eigenvalue weighted by atomic mass is 10.0. The monoisotopic (exact) mass is 215 g/mol. The standard InChI is InChI=1S/C14H17NO/c1-10(8-11(2)16)14-9-12-6-4-5-7-13(12)15(14)3/h4-7,9-10H,8H2,1-3H3. The van der Waals surface area contributed by atoms with Gasteiger partial charge in [-0.15, -0.1) is 0 Å². The summed E-state index contributed by atoms with van der Waals surface area (Å²) < 4.78 is 2.18. The molecule has 1 heterocycles. The van der Waals surface area contributed by atoms with Crippen molar-refractivity contribution in [3.63, 3.8) is 0 Å². The Hall–Kier alpha value is -1.57. The van der Waals surface area contributed by atoms with Gasteiger partial charge in [-0.2, -0.15) is 0 Å². The maximum absolute atomic E-state index is 11.1. The van der Waals surface area contributed by atoms with Gasteiger partial charge in [0.15, 0.2) is 0 Å². The minimum absolute atomic E-state index is 0.248. The number of fused-ring (bicyclic) bond motifs is 1. The topological polar surface area (TPSA) is 22.0 Å². The van der Waals surface area contributed by atoms with Crippen LogP contribution in [0.1, 0.15) is 31.9 Å². The van der Waals surface area contributed by atoms with E-state index in [4.69, 9.17) is 0 Å². The zero-order valence-electron chi connectivity index (χ0n) is 10.0. The Morgan fingerprint density at radius 3 is 2.69 bits per heavy atom. The van der Waals surface area contributed by atoms with E-state index < -0.39 is 0 Å². The van der Waals surface area contributed by atoms with Crippen LogP contribution < -0.4 is 0 Å². The summed E-state index contributed by atoms with van der Waals surface area (Å²) in [6.07, 6.45) is 0.615. The third kappa shape index (κ3) is 1.87. The molecular formula is C14H17NO. The van der Waals surface area contributed by atoms with Crippen LogP contribution in [0.15, 0.2) is 30.3 Å². The predicted octanol–water partition coefficient (Wildman–Crippen LogP) is 3.26. The van der Waals surface area contributed by atoms with Crippen LogP contribution in [0.5, 0.6) is 0 Å². The highest BCUT2D eigenvalue weighted by molar-refractivity contribution is 5.82. The van der Waals surface area contributed by atoms with E-state index in [9.17, 15) is 4.79 Å². The number of hydrogen-bond acceptors (Lipinski definition) is 1. The summed E-state index contributed by atoms with van der Waals surface area (Å²) in [7, 11) is 2.06. The number of carbonyl (C=O) groups excluding carboxylic acids is 1. The molecule has 0 aliphatic rings. The van der Waals surface area contributed by atoms with Crippen LogP contribution in [0.3, 0.4) is 0 Å². The van der Waals surface area contributed by atoms with Gasteiger partial charge in [0.2, 0.25) is 0 Å². The van der Waals surface area contributed by atoms with E-state index in [2.05, 4.69) is 36.7 Å². The Kier molecular flexibility index (Phi) is 2.82. The van der Waals surface area contributed by atoms with Gasteiger partial charge in [0.05, 0.1) is 0 Å². The van der Waals surface area contributed by atoms with Gasteiger partial charge in [-0.05, 0) is 24.4 Å². The fourth-order valence-corrected chi connectivity index (χ4v) is 2.32. The number of Topliss-reactive ketones (excluding diaryl/α,β-unsaturated/α-hetero) is 1. The molecule has 0 radical (unpaired) electrons. The summed E-state index contributed by atoms with van der Waals surface area (Å²) >= 11 is 0. The molecule has 2 nitrogen and oxygen atoms in total. The van der Waals surface area contributed by atoms with Gasteiger partial charge in [0, 0.05) is 30.6 Å². The smallest absolute Gasteiger partial charge is 0.130 e. The number of carbonyl (C=O) groups is 1. The highest BCUT2D eigenvalue weighted by atomic mass is 16.1. The lowest BCUT2D eigenvalue weighted by molar-refractivity contribution is -0.117. The second kappa shape index (κ2) is 4.12. The van der Waals surface area contributed by atoms with E-state index in [1.54, 1.807) is 6.92 Å². The highest BCUT2D eigenvalue weighted by Crippen LogP contribution is 2.26. The molecule has 0 bridgehead atoms. The Morgan fingerprint density at radius 1 is 1.38 bits per heavy atom. The van der Waals surface area contributed by atoms with Gasteiger partial charge in [-0.3, -0.25) is 0 Å². The number of hydrogen-bond donors (Lipinski definition) is 0. The highest BCUT2D eigenvalue weighted by Gasteiger charge is 2.13. The number of para-hydroxylation sites is 1. The van der Waals surface area contributed by atoms with Crippen molar-refractivity contribution in [2.24, 2.45) is 7.05 Å². The van der Waals surface area contributed by atoms with Crippen molar-refractivity contribution < 1.29 is 4.79 Å². The normalized spacial score (nSPS) is 12.9. The molecule has 0 fully saturated rings. The largest absolute Gasteiger partial charge is 0.347 e. The minimum atomic E-state index is 0.248.